The maximum atomic E-state index is 13.0. The van der Waals surface area contributed by atoms with Crippen molar-refractivity contribution in [2.75, 3.05) is 26.2 Å². The van der Waals surface area contributed by atoms with E-state index in [4.69, 9.17) is 0 Å². The molecule has 1 aromatic carbocycles. The largest absolute Gasteiger partial charge is 0.340 e. The molecule has 27 heavy (non-hydrogen) atoms. The Morgan fingerprint density at radius 1 is 1.15 bits per heavy atom. The Labute approximate surface area is 162 Å². The lowest BCUT2D eigenvalue weighted by molar-refractivity contribution is -0.132. The van der Waals surface area contributed by atoms with Crippen LogP contribution in [0.5, 0.6) is 0 Å². The Bertz CT molecular complexity index is 764. The number of hydrogen-bond donors (Lipinski definition) is 1. The van der Waals surface area contributed by atoms with Crippen LogP contribution >= 0.6 is 11.3 Å². The smallest absolute Gasteiger partial charge is 0.261 e. The fourth-order valence-electron chi connectivity index (χ4n) is 3.21. The van der Waals surface area contributed by atoms with Crippen molar-refractivity contribution in [1.82, 2.24) is 15.1 Å². The van der Waals surface area contributed by atoms with Crippen LogP contribution in [0.4, 0.5) is 4.39 Å². The lowest BCUT2D eigenvalue weighted by atomic mass is 10.2. The van der Waals surface area contributed by atoms with E-state index in [-0.39, 0.29) is 17.6 Å². The number of nitrogens with zero attached hydrogens (tertiary/aromatic N) is 2. The van der Waals surface area contributed by atoms with E-state index in [9.17, 15) is 14.0 Å². The van der Waals surface area contributed by atoms with Crippen molar-refractivity contribution in [3.8, 4) is 0 Å². The second kappa shape index (κ2) is 9.10. The molecule has 1 aliphatic rings. The number of rotatable bonds is 5. The molecule has 3 rings (SSSR count). The SMILES string of the molecule is CC(NC(=O)c1cccs1)C(=O)N1CCCN(Cc2ccc(F)cc2)CC1. The molecule has 7 heteroatoms. The molecule has 2 heterocycles. The molecule has 5 nitrogen and oxygen atoms in total. The van der Waals surface area contributed by atoms with Gasteiger partial charge in [0.15, 0.2) is 0 Å². The summed E-state index contributed by atoms with van der Waals surface area (Å²) in [5.74, 6) is -0.493. The molecule has 2 aromatic rings. The number of carbonyl (C=O) groups excluding carboxylic acids is 2. The normalized spacial score (nSPS) is 16.6. The first-order valence-corrected chi connectivity index (χ1v) is 10.0. The highest BCUT2D eigenvalue weighted by molar-refractivity contribution is 7.12. The minimum atomic E-state index is -0.553. The molecule has 1 saturated heterocycles. The molecule has 1 atom stereocenters. The van der Waals surface area contributed by atoms with Crippen LogP contribution in [0.15, 0.2) is 41.8 Å². The van der Waals surface area contributed by atoms with Gasteiger partial charge in [0, 0.05) is 32.7 Å². The van der Waals surface area contributed by atoms with E-state index in [2.05, 4.69) is 10.2 Å². The summed E-state index contributed by atoms with van der Waals surface area (Å²) in [5, 5.41) is 4.63. The fourth-order valence-corrected chi connectivity index (χ4v) is 3.84. The Morgan fingerprint density at radius 2 is 1.93 bits per heavy atom. The van der Waals surface area contributed by atoms with Gasteiger partial charge in [-0.1, -0.05) is 18.2 Å². The standard InChI is InChI=1S/C20H24FN3O2S/c1-15(22-19(25)18-4-2-13-27-18)20(26)24-10-3-9-23(11-12-24)14-16-5-7-17(21)8-6-16/h2,4-8,13,15H,3,9-12,14H2,1H3,(H,22,25). The zero-order valence-corrected chi connectivity index (χ0v) is 16.2. The molecule has 0 bridgehead atoms. The van der Waals surface area contributed by atoms with Crippen LogP contribution in [0.2, 0.25) is 0 Å². The molecule has 1 aliphatic heterocycles. The first-order valence-electron chi connectivity index (χ1n) is 9.13. The van der Waals surface area contributed by atoms with E-state index in [1.54, 1.807) is 25.1 Å². The van der Waals surface area contributed by atoms with Gasteiger partial charge in [-0.3, -0.25) is 14.5 Å². The van der Waals surface area contributed by atoms with Gasteiger partial charge in [-0.05, 0) is 42.5 Å². The van der Waals surface area contributed by atoms with E-state index in [1.165, 1.54) is 23.5 Å². The third-order valence-corrected chi connectivity index (χ3v) is 5.55. The Morgan fingerprint density at radius 3 is 2.63 bits per heavy atom. The van der Waals surface area contributed by atoms with Crippen molar-refractivity contribution < 1.29 is 14.0 Å². The summed E-state index contributed by atoms with van der Waals surface area (Å²) in [6, 6.07) is 9.55. The van der Waals surface area contributed by atoms with E-state index in [0.29, 0.717) is 18.0 Å². The second-order valence-corrected chi connectivity index (χ2v) is 7.70. The Kier molecular flexibility index (Phi) is 6.58. The fraction of sp³-hybridized carbons (Fsp3) is 0.400. The zero-order valence-electron chi connectivity index (χ0n) is 15.4. The molecule has 0 radical (unpaired) electrons. The van der Waals surface area contributed by atoms with E-state index in [0.717, 1.165) is 31.6 Å². The Balaban J connectivity index is 1.51. The molecule has 1 fully saturated rings. The van der Waals surface area contributed by atoms with E-state index < -0.39 is 6.04 Å². The molecule has 144 valence electrons. The van der Waals surface area contributed by atoms with Crippen molar-refractivity contribution in [2.45, 2.75) is 25.9 Å². The molecule has 1 unspecified atom stereocenters. The zero-order chi connectivity index (χ0) is 19.2. The predicted molar refractivity (Wildman–Crippen MR) is 104 cm³/mol. The molecule has 0 spiro atoms. The van der Waals surface area contributed by atoms with Gasteiger partial charge < -0.3 is 10.2 Å². The van der Waals surface area contributed by atoms with Crippen molar-refractivity contribution in [2.24, 2.45) is 0 Å². The summed E-state index contributed by atoms with van der Waals surface area (Å²) in [6.45, 7) is 5.42. The maximum Gasteiger partial charge on any atom is 0.261 e. The third-order valence-electron chi connectivity index (χ3n) is 4.68. The topological polar surface area (TPSA) is 52.7 Å². The summed E-state index contributed by atoms with van der Waals surface area (Å²) >= 11 is 1.36. The summed E-state index contributed by atoms with van der Waals surface area (Å²) in [6.07, 6.45) is 0.874. The third kappa shape index (κ3) is 5.37. The number of benzene rings is 1. The summed E-state index contributed by atoms with van der Waals surface area (Å²) in [4.78, 5) is 29.6. The highest BCUT2D eigenvalue weighted by Crippen LogP contribution is 2.12. The van der Waals surface area contributed by atoms with Crippen LogP contribution in [0, 0.1) is 5.82 Å². The number of nitrogens with one attached hydrogen (secondary N) is 1. The molecule has 1 N–H and O–H groups in total. The van der Waals surface area contributed by atoms with Gasteiger partial charge in [-0.25, -0.2) is 4.39 Å². The van der Waals surface area contributed by atoms with E-state index >= 15 is 0 Å². The minimum absolute atomic E-state index is 0.0523. The molecule has 2 amide bonds. The average molecular weight is 389 g/mol. The second-order valence-electron chi connectivity index (χ2n) is 6.75. The molecule has 0 aliphatic carbocycles. The summed E-state index contributed by atoms with van der Waals surface area (Å²) in [5.41, 5.74) is 1.06. The lowest BCUT2D eigenvalue weighted by Crippen LogP contribution is -2.47. The predicted octanol–water partition coefficient (Wildman–Crippen LogP) is 2.74. The van der Waals surface area contributed by atoms with Gasteiger partial charge in [0.1, 0.15) is 11.9 Å². The van der Waals surface area contributed by atoms with Gasteiger partial charge in [0.05, 0.1) is 4.88 Å². The number of carbonyl (C=O) groups is 2. The van der Waals surface area contributed by atoms with Crippen LogP contribution in [0.1, 0.15) is 28.6 Å². The molecule has 1 aromatic heterocycles. The van der Waals surface area contributed by atoms with Crippen LogP contribution < -0.4 is 5.32 Å². The first kappa shape index (κ1) is 19.5. The average Bonchev–Trinajstić information content (AvgIpc) is 3.10. The maximum absolute atomic E-state index is 13.0. The van der Waals surface area contributed by atoms with Crippen LogP contribution in [-0.2, 0) is 11.3 Å². The number of amides is 2. The van der Waals surface area contributed by atoms with E-state index in [1.807, 2.05) is 16.3 Å². The van der Waals surface area contributed by atoms with Crippen LogP contribution in [0.25, 0.3) is 0 Å². The number of thiophene rings is 1. The molecule has 0 saturated carbocycles. The van der Waals surface area contributed by atoms with Crippen molar-refractivity contribution >= 4 is 23.2 Å². The van der Waals surface area contributed by atoms with Crippen molar-refractivity contribution in [3.63, 3.8) is 0 Å². The summed E-state index contributed by atoms with van der Waals surface area (Å²) in [7, 11) is 0. The lowest BCUT2D eigenvalue weighted by Gasteiger charge is -2.25. The number of halogens is 1. The quantitative estimate of drug-likeness (QED) is 0.856. The summed E-state index contributed by atoms with van der Waals surface area (Å²) < 4.78 is 13.0. The highest BCUT2D eigenvalue weighted by atomic mass is 32.1. The van der Waals surface area contributed by atoms with Crippen LogP contribution in [-0.4, -0.2) is 53.8 Å². The monoisotopic (exact) mass is 389 g/mol. The van der Waals surface area contributed by atoms with Gasteiger partial charge in [0.25, 0.3) is 5.91 Å². The minimum Gasteiger partial charge on any atom is -0.340 e. The van der Waals surface area contributed by atoms with Gasteiger partial charge >= 0.3 is 0 Å². The number of hydrogen-bond acceptors (Lipinski definition) is 4. The van der Waals surface area contributed by atoms with Gasteiger partial charge in [0.2, 0.25) is 5.91 Å². The van der Waals surface area contributed by atoms with Gasteiger partial charge in [-0.15, -0.1) is 11.3 Å². The van der Waals surface area contributed by atoms with Gasteiger partial charge in [-0.2, -0.15) is 0 Å². The first-order chi connectivity index (χ1) is 13.0. The molecular weight excluding hydrogens is 365 g/mol. The van der Waals surface area contributed by atoms with Crippen molar-refractivity contribution in [1.29, 1.82) is 0 Å². The molecular formula is C20H24FN3O2S. The Hall–Kier alpha value is -2.25. The van der Waals surface area contributed by atoms with Crippen molar-refractivity contribution in [3.05, 3.63) is 58.0 Å². The van der Waals surface area contributed by atoms with Crippen LogP contribution in [0.3, 0.4) is 0 Å². The highest BCUT2D eigenvalue weighted by Gasteiger charge is 2.25.